The number of carbonyl (C=O) groups is 1. The predicted octanol–water partition coefficient (Wildman–Crippen LogP) is 3.64. The van der Waals surface area contributed by atoms with Crippen LogP contribution in [-0.4, -0.2) is 32.6 Å². The molecule has 7 nitrogen and oxygen atoms in total. The standard InChI is InChI=1S/C18H14ClN5O2/c1-26-13-7-3-2-6-11(13)12-10-14(23-22-12)20-18(25)16-17(19)21-15-8-4-5-9-24(15)16/h2-10H,1H3,(H2,20,22,23,25). The van der Waals surface area contributed by atoms with E-state index in [1.165, 1.54) is 0 Å². The van der Waals surface area contributed by atoms with Crippen LogP contribution in [0.4, 0.5) is 5.82 Å². The molecule has 4 aromatic rings. The number of aromatic amines is 1. The highest BCUT2D eigenvalue weighted by atomic mass is 35.5. The maximum atomic E-state index is 12.6. The second kappa shape index (κ2) is 6.53. The molecule has 0 saturated carbocycles. The second-order valence-corrected chi connectivity index (χ2v) is 5.86. The highest BCUT2D eigenvalue weighted by molar-refractivity contribution is 6.33. The SMILES string of the molecule is COc1ccccc1-c1cc(NC(=O)c2c(Cl)nc3ccccn23)n[nH]1. The first-order valence-electron chi connectivity index (χ1n) is 7.80. The summed E-state index contributed by atoms with van der Waals surface area (Å²) < 4.78 is 6.98. The summed E-state index contributed by atoms with van der Waals surface area (Å²) in [5.41, 5.74) is 2.42. The molecule has 26 heavy (non-hydrogen) atoms. The molecular weight excluding hydrogens is 354 g/mol. The van der Waals surface area contributed by atoms with Gasteiger partial charge in [-0.05, 0) is 24.3 Å². The van der Waals surface area contributed by atoms with Gasteiger partial charge in [-0.25, -0.2) is 4.98 Å². The molecule has 8 heteroatoms. The normalized spacial score (nSPS) is 10.8. The number of imidazole rings is 1. The van der Waals surface area contributed by atoms with Gasteiger partial charge in [0, 0.05) is 17.8 Å². The number of hydrogen-bond donors (Lipinski definition) is 2. The van der Waals surface area contributed by atoms with E-state index in [-0.39, 0.29) is 10.8 Å². The number of hydrogen-bond acceptors (Lipinski definition) is 4. The summed E-state index contributed by atoms with van der Waals surface area (Å²) in [6.07, 6.45) is 1.73. The number of amides is 1. The minimum Gasteiger partial charge on any atom is -0.496 e. The number of fused-ring (bicyclic) bond motifs is 1. The maximum absolute atomic E-state index is 12.6. The van der Waals surface area contributed by atoms with Crippen LogP contribution in [0.5, 0.6) is 5.75 Å². The van der Waals surface area contributed by atoms with Crippen molar-refractivity contribution in [1.29, 1.82) is 0 Å². The minimum absolute atomic E-state index is 0.134. The number of H-pyrrole nitrogens is 1. The van der Waals surface area contributed by atoms with E-state index in [1.807, 2.05) is 30.3 Å². The summed E-state index contributed by atoms with van der Waals surface area (Å²) in [5, 5.41) is 9.91. The zero-order valence-corrected chi connectivity index (χ0v) is 14.5. The number of methoxy groups -OCH3 is 1. The highest BCUT2D eigenvalue weighted by Gasteiger charge is 2.19. The number of aromatic nitrogens is 4. The molecular formula is C18H14ClN5O2. The van der Waals surface area contributed by atoms with Crippen molar-refractivity contribution < 1.29 is 9.53 Å². The van der Waals surface area contributed by atoms with Gasteiger partial charge in [-0.1, -0.05) is 29.8 Å². The average molecular weight is 368 g/mol. The van der Waals surface area contributed by atoms with Crippen molar-refractivity contribution in [2.24, 2.45) is 0 Å². The van der Waals surface area contributed by atoms with Crippen LogP contribution >= 0.6 is 11.6 Å². The molecule has 4 rings (SSSR count). The van der Waals surface area contributed by atoms with Gasteiger partial charge in [-0.3, -0.25) is 14.3 Å². The summed E-state index contributed by atoms with van der Waals surface area (Å²) in [4.78, 5) is 16.8. The topological polar surface area (TPSA) is 84.3 Å². The van der Waals surface area contributed by atoms with Crippen molar-refractivity contribution >= 4 is 29.0 Å². The summed E-state index contributed by atoms with van der Waals surface area (Å²) >= 11 is 6.13. The Morgan fingerprint density at radius 3 is 2.88 bits per heavy atom. The van der Waals surface area contributed by atoms with E-state index in [9.17, 15) is 4.79 Å². The van der Waals surface area contributed by atoms with E-state index < -0.39 is 5.91 Å². The lowest BCUT2D eigenvalue weighted by Crippen LogP contribution is -2.15. The second-order valence-electron chi connectivity index (χ2n) is 5.50. The molecule has 0 bridgehead atoms. The largest absolute Gasteiger partial charge is 0.496 e. The van der Waals surface area contributed by atoms with E-state index in [1.54, 1.807) is 35.9 Å². The Morgan fingerprint density at radius 2 is 2.04 bits per heavy atom. The molecule has 0 aliphatic rings. The van der Waals surface area contributed by atoms with Crippen molar-refractivity contribution in [2.75, 3.05) is 12.4 Å². The van der Waals surface area contributed by atoms with Gasteiger partial charge >= 0.3 is 0 Å². The van der Waals surface area contributed by atoms with Gasteiger partial charge in [0.05, 0.1) is 12.8 Å². The summed E-state index contributed by atoms with van der Waals surface area (Å²) in [6, 6.07) is 14.7. The quantitative estimate of drug-likeness (QED) is 0.576. The summed E-state index contributed by atoms with van der Waals surface area (Å²) in [6.45, 7) is 0. The average Bonchev–Trinajstić information content (AvgIpc) is 3.24. The van der Waals surface area contributed by atoms with Gasteiger partial charge in [0.1, 0.15) is 11.4 Å². The number of benzene rings is 1. The van der Waals surface area contributed by atoms with E-state index in [0.717, 1.165) is 11.3 Å². The molecule has 3 aromatic heterocycles. The Hall–Kier alpha value is -3.32. The predicted molar refractivity (Wildman–Crippen MR) is 98.7 cm³/mol. The van der Waals surface area contributed by atoms with E-state index in [2.05, 4.69) is 20.5 Å². The van der Waals surface area contributed by atoms with E-state index in [4.69, 9.17) is 16.3 Å². The Kier molecular flexibility index (Phi) is 4.06. The number of para-hydroxylation sites is 1. The first kappa shape index (κ1) is 16.2. The molecule has 0 atom stereocenters. The first-order valence-corrected chi connectivity index (χ1v) is 8.18. The molecule has 2 N–H and O–H groups in total. The summed E-state index contributed by atoms with van der Waals surface area (Å²) in [7, 11) is 1.60. The third-order valence-electron chi connectivity index (χ3n) is 3.92. The molecule has 1 amide bonds. The molecule has 0 radical (unpaired) electrons. The fraction of sp³-hybridized carbons (Fsp3) is 0.0556. The number of nitrogens with one attached hydrogen (secondary N) is 2. The van der Waals surface area contributed by atoms with Gasteiger partial charge < -0.3 is 10.1 Å². The number of nitrogens with zero attached hydrogens (tertiary/aromatic N) is 3. The Morgan fingerprint density at radius 1 is 1.23 bits per heavy atom. The molecule has 0 saturated heterocycles. The van der Waals surface area contributed by atoms with Crippen LogP contribution in [0.15, 0.2) is 54.7 Å². The van der Waals surface area contributed by atoms with Crippen molar-refractivity contribution in [1.82, 2.24) is 19.6 Å². The number of anilines is 1. The zero-order chi connectivity index (χ0) is 18.1. The van der Waals surface area contributed by atoms with Crippen LogP contribution in [0.1, 0.15) is 10.5 Å². The van der Waals surface area contributed by atoms with Gasteiger partial charge in [0.25, 0.3) is 5.91 Å². The van der Waals surface area contributed by atoms with Crippen LogP contribution in [0.3, 0.4) is 0 Å². The van der Waals surface area contributed by atoms with Crippen molar-refractivity contribution in [3.8, 4) is 17.0 Å². The lowest BCUT2D eigenvalue weighted by Gasteiger charge is -2.05. The summed E-state index contributed by atoms with van der Waals surface area (Å²) in [5.74, 6) is 0.684. The van der Waals surface area contributed by atoms with Crippen molar-refractivity contribution in [3.05, 3.63) is 65.6 Å². The number of ether oxygens (including phenoxy) is 1. The van der Waals surface area contributed by atoms with Crippen LogP contribution in [0, 0.1) is 0 Å². The number of pyridine rings is 1. The fourth-order valence-corrected chi connectivity index (χ4v) is 3.00. The molecule has 0 aliphatic heterocycles. The maximum Gasteiger partial charge on any atom is 0.277 e. The van der Waals surface area contributed by atoms with Crippen molar-refractivity contribution in [2.45, 2.75) is 0 Å². The van der Waals surface area contributed by atoms with E-state index in [0.29, 0.717) is 17.2 Å². The lowest BCUT2D eigenvalue weighted by molar-refractivity contribution is 0.102. The molecule has 1 aromatic carbocycles. The molecule has 0 fully saturated rings. The Balaban J connectivity index is 1.63. The smallest absolute Gasteiger partial charge is 0.277 e. The molecule has 0 unspecified atom stereocenters. The number of rotatable bonds is 4. The number of halogens is 1. The molecule has 0 aliphatic carbocycles. The highest BCUT2D eigenvalue weighted by Crippen LogP contribution is 2.29. The van der Waals surface area contributed by atoms with Gasteiger partial charge in [-0.2, -0.15) is 5.10 Å². The molecule has 130 valence electrons. The van der Waals surface area contributed by atoms with Gasteiger partial charge in [0.15, 0.2) is 16.7 Å². The lowest BCUT2D eigenvalue weighted by atomic mass is 10.1. The number of carbonyl (C=O) groups excluding carboxylic acids is 1. The van der Waals surface area contributed by atoms with Crippen LogP contribution < -0.4 is 10.1 Å². The Bertz CT molecular complexity index is 1100. The third-order valence-corrected chi connectivity index (χ3v) is 4.18. The van der Waals surface area contributed by atoms with Crippen LogP contribution in [0.25, 0.3) is 16.9 Å². The van der Waals surface area contributed by atoms with Gasteiger partial charge in [-0.15, -0.1) is 0 Å². The first-order chi connectivity index (χ1) is 12.7. The fourth-order valence-electron chi connectivity index (χ4n) is 2.74. The van der Waals surface area contributed by atoms with Gasteiger partial charge in [0.2, 0.25) is 0 Å². The van der Waals surface area contributed by atoms with Crippen molar-refractivity contribution in [3.63, 3.8) is 0 Å². The monoisotopic (exact) mass is 367 g/mol. The zero-order valence-electron chi connectivity index (χ0n) is 13.7. The minimum atomic E-state index is -0.397. The third kappa shape index (κ3) is 2.78. The van der Waals surface area contributed by atoms with Crippen LogP contribution in [-0.2, 0) is 0 Å². The Labute approximate surface area is 153 Å². The van der Waals surface area contributed by atoms with Crippen LogP contribution in [0.2, 0.25) is 5.15 Å². The van der Waals surface area contributed by atoms with E-state index >= 15 is 0 Å². The molecule has 0 spiro atoms. The molecule has 3 heterocycles.